The predicted molar refractivity (Wildman–Crippen MR) is 55.6 cm³/mol. The molecule has 0 bridgehead atoms. The smallest absolute Gasteiger partial charge is 0.248 e. The number of hydrogen-bond acceptors (Lipinski definition) is 2. The van der Waals surface area contributed by atoms with Crippen molar-refractivity contribution in [3.8, 4) is 11.8 Å². The summed E-state index contributed by atoms with van der Waals surface area (Å²) in [5, 5.41) is 0. The van der Waals surface area contributed by atoms with E-state index in [1.807, 2.05) is 6.92 Å². The van der Waals surface area contributed by atoms with E-state index < -0.39 is 5.91 Å². The van der Waals surface area contributed by atoms with E-state index in [2.05, 4.69) is 11.8 Å². The highest BCUT2D eigenvalue weighted by atomic mass is 16.1. The third-order valence-electron chi connectivity index (χ3n) is 1.84. The Morgan fingerprint density at radius 1 is 1.50 bits per heavy atom. The summed E-state index contributed by atoms with van der Waals surface area (Å²) >= 11 is 0. The quantitative estimate of drug-likeness (QED) is 0.626. The number of hydrogen-bond donors (Lipinski definition) is 2. The van der Waals surface area contributed by atoms with Gasteiger partial charge in [-0.05, 0) is 30.7 Å². The Bertz CT molecular complexity index is 413. The third-order valence-corrected chi connectivity index (χ3v) is 1.84. The molecule has 0 spiro atoms. The van der Waals surface area contributed by atoms with Crippen molar-refractivity contribution in [1.29, 1.82) is 0 Å². The Labute approximate surface area is 83.1 Å². The molecule has 0 aromatic heterocycles. The van der Waals surface area contributed by atoms with Gasteiger partial charge in [0.15, 0.2) is 0 Å². The normalized spacial score (nSPS) is 9.00. The lowest BCUT2D eigenvalue weighted by atomic mass is 10.1. The molecule has 0 heterocycles. The van der Waals surface area contributed by atoms with Crippen LogP contribution >= 0.6 is 0 Å². The molecule has 72 valence electrons. The summed E-state index contributed by atoms with van der Waals surface area (Å²) in [5.41, 5.74) is 12.7. The Morgan fingerprint density at radius 2 is 2.21 bits per heavy atom. The maximum atomic E-state index is 10.8. The van der Waals surface area contributed by atoms with Gasteiger partial charge in [-0.2, -0.15) is 0 Å². The van der Waals surface area contributed by atoms with Crippen molar-refractivity contribution >= 4 is 5.91 Å². The molecule has 4 N–H and O–H groups in total. The van der Waals surface area contributed by atoms with E-state index in [-0.39, 0.29) is 0 Å². The van der Waals surface area contributed by atoms with Crippen LogP contribution in [0.25, 0.3) is 0 Å². The van der Waals surface area contributed by atoms with Gasteiger partial charge in [0.25, 0.3) is 0 Å². The molecule has 0 unspecified atom stereocenters. The third kappa shape index (κ3) is 2.35. The Hall–Kier alpha value is -1.79. The number of carbonyl (C=O) groups is 1. The minimum atomic E-state index is -0.425. The summed E-state index contributed by atoms with van der Waals surface area (Å²) in [6.07, 6.45) is 0. The fraction of sp³-hybridized carbons (Fsp3) is 0.182. The summed E-state index contributed by atoms with van der Waals surface area (Å²) < 4.78 is 0. The first-order valence-corrected chi connectivity index (χ1v) is 4.24. The summed E-state index contributed by atoms with van der Waals surface area (Å²) in [6, 6.07) is 5.16. The van der Waals surface area contributed by atoms with Crippen molar-refractivity contribution in [2.24, 2.45) is 11.5 Å². The number of primary amides is 1. The molecule has 3 heteroatoms. The molecular weight excluding hydrogens is 176 g/mol. The number of rotatable bonds is 1. The summed E-state index contributed by atoms with van der Waals surface area (Å²) in [7, 11) is 0. The number of benzene rings is 1. The van der Waals surface area contributed by atoms with Crippen LogP contribution in [0, 0.1) is 18.8 Å². The number of carbonyl (C=O) groups excluding carboxylic acids is 1. The van der Waals surface area contributed by atoms with Crippen molar-refractivity contribution in [3.05, 3.63) is 34.9 Å². The van der Waals surface area contributed by atoms with Crippen LogP contribution in [0.2, 0.25) is 0 Å². The molecule has 14 heavy (non-hydrogen) atoms. The van der Waals surface area contributed by atoms with E-state index in [9.17, 15) is 4.79 Å². The molecule has 0 atom stereocenters. The van der Waals surface area contributed by atoms with Gasteiger partial charge in [-0.25, -0.2) is 0 Å². The van der Waals surface area contributed by atoms with Crippen LogP contribution in [0.3, 0.4) is 0 Å². The zero-order valence-electron chi connectivity index (χ0n) is 8.00. The molecule has 0 aliphatic rings. The highest BCUT2D eigenvalue weighted by Gasteiger charge is 2.01. The Morgan fingerprint density at radius 3 is 2.71 bits per heavy atom. The van der Waals surface area contributed by atoms with Gasteiger partial charge >= 0.3 is 0 Å². The lowest BCUT2D eigenvalue weighted by Gasteiger charge is -2.00. The molecule has 0 saturated heterocycles. The second-order valence-corrected chi connectivity index (χ2v) is 2.90. The first kappa shape index (κ1) is 10.3. The number of amides is 1. The minimum absolute atomic E-state index is 0.330. The van der Waals surface area contributed by atoms with Gasteiger partial charge in [0, 0.05) is 11.1 Å². The highest BCUT2D eigenvalue weighted by Crippen LogP contribution is 2.09. The standard InChI is InChI=1S/C11H12N2O/c1-8-7-10(11(13)14)5-4-9(8)3-2-6-12/h4-5,7H,6,12H2,1H3,(H2,13,14). The van der Waals surface area contributed by atoms with E-state index in [1.165, 1.54) is 0 Å². The van der Waals surface area contributed by atoms with Crippen molar-refractivity contribution in [2.45, 2.75) is 6.92 Å². The molecule has 3 nitrogen and oxygen atoms in total. The zero-order chi connectivity index (χ0) is 10.6. The van der Waals surface area contributed by atoms with E-state index >= 15 is 0 Å². The molecular formula is C11H12N2O. The van der Waals surface area contributed by atoms with Crippen molar-refractivity contribution in [2.75, 3.05) is 6.54 Å². The van der Waals surface area contributed by atoms with Gasteiger partial charge in [0.1, 0.15) is 0 Å². The molecule has 1 aromatic carbocycles. The van der Waals surface area contributed by atoms with Crippen molar-refractivity contribution < 1.29 is 4.79 Å². The van der Waals surface area contributed by atoms with E-state index in [0.29, 0.717) is 12.1 Å². The minimum Gasteiger partial charge on any atom is -0.366 e. The average molecular weight is 188 g/mol. The highest BCUT2D eigenvalue weighted by molar-refractivity contribution is 5.93. The van der Waals surface area contributed by atoms with Gasteiger partial charge in [0.2, 0.25) is 5.91 Å². The van der Waals surface area contributed by atoms with Gasteiger partial charge < -0.3 is 11.5 Å². The van der Waals surface area contributed by atoms with Crippen molar-refractivity contribution in [3.63, 3.8) is 0 Å². The fourth-order valence-electron chi connectivity index (χ4n) is 1.10. The second-order valence-electron chi connectivity index (χ2n) is 2.90. The molecule has 1 rings (SSSR count). The molecule has 1 aromatic rings. The van der Waals surface area contributed by atoms with Crippen LogP contribution in [-0.4, -0.2) is 12.5 Å². The fourth-order valence-corrected chi connectivity index (χ4v) is 1.10. The van der Waals surface area contributed by atoms with E-state index in [1.54, 1.807) is 18.2 Å². The monoisotopic (exact) mass is 188 g/mol. The second kappa shape index (κ2) is 4.45. The summed E-state index contributed by atoms with van der Waals surface area (Å²) in [6.45, 7) is 2.21. The van der Waals surface area contributed by atoms with Crippen molar-refractivity contribution in [1.82, 2.24) is 0 Å². The van der Waals surface area contributed by atoms with Gasteiger partial charge in [-0.15, -0.1) is 0 Å². The maximum absolute atomic E-state index is 10.8. The SMILES string of the molecule is Cc1cc(C(N)=O)ccc1C#CCN. The van der Waals surface area contributed by atoms with E-state index in [0.717, 1.165) is 11.1 Å². The van der Waals surface area contributed by atoms with Crippen LogP contribution in [0.1, 0.15) is 21.5 Å². The average Bonchev–Trinajstić information content (AvgIpc) is 2.15. The molecule has 0 aliphatic carbocycles. The lowest BCUT2D eigenvalue weighted by molar-refractivity contribution is 0.1000. The molecule has 0 radical (unpaired) electrons. The first-order valence-electron chi connectivity index (χ1n) is 4.24. The largest absolute Gasteiger partial charge is 0.366 e. The molecule has 1 amide bonds. The Balaban J connectivity index is 3.07. The lowest BCUT2D eigenvalue weighted by Crippen LogP contribution is -2.11. The van der Waals surface area contributed by atoms with Gasteiger partial charge in [0.05, 0.1) is 6.54 Å². The summed E-state index contributed by atoms with van der Waals surface area (Å²) in [5.74, 6) is 5.24. The molecule has 0 aliphatic heterocycles. The van der Waals surface area contributed by atoms with Crippen LogP contribution in [0.15, 0.2) is 18.2 Å². The summed E-state index contributed by atoms with van der Waals surface area (Å²) in [4.78, 5) is 10.8. The first-order chi connectivity index (χ1) is 6.65. The molecule has 0 saturated carbocycles. The maximum Gasteiger partial charge on any atom is 0.248 e. The predicted octanol–water partition coefficient (Wildman–Crippen LogP) is 0.404. The number of aryl methyl sites for hydroxylation is 1. The topological polar surface area (TPSA) is 69.1 Å². The van der Waals surface area contributed by atoms with Crippen LogP contribution < -0.4 is 11.5 Å². The zero-order valence-corrected chi connectivity index (χ0v) is 8.00. The van der Waals surface area contributed by atoms with Crippen LogP contribution in [-0.2, 0) is 0 Å². The van der Waals surface area contributed by atoms with Gasteiger partial charge in [-0.1, -0.05) is 11.8 Å². The van der Waals surface area contributed by atoms with E-state index in [4.69, 9.17) is 11.5 Å². The molecule has 0 fully saturated rings. The van der Waals surface area contributed by atoms with Crippen LogP contribution in [0.4, 0.5) is 0 Å². The van der Waals surface area contributed by atoms with Crippen LogP contribution in [0.5, 0.6) is 0 Å². The Kier molecular flexibility index (Phi) is 3.27. The van der Waals surface area contributed by atoms with Gasteiger partial charge in [-0.3, -0.25) is 4.79 Å². The number of nitrogens with two attached hydrogens (primary N) is 2.